The number of hydrogen-bond acceptors (Lipinski definition) is 6. The van der Waals surface area contributed by atoms with Gasteiger partial charge in [0.25, 0.3) is 11.6 Å². The molecule has 3 rings (SSSR count). The van der Waals surface area contributed by atoms with E-state index in [9.17, 15) is 19.7 Å². The van der Waals surface area contributed by atoms with E-state index in [1.807, 2.05) is 0 Å². The van der Waals surface area contributed by atoms with Gasteiger partial charge in [0.15, 0.2) is 0 Å². The number of thiophene rings is 1. The first-order chi connectivity index (χ1) is 12.9. The Bertz CT molecular complexity index is 919. The maximum atomic E-state index is 12.8. The smallest absolute Gasteiger partial charge is 0.341 e. The molecule has 1 N–H and O–H groups in total. The summed E-state index contributed by atoms with van der Waals surface area (Å²) < 4.78 is 5.17. The fourth-order valence-corrected chi connectivity index (χ4v) is 4.60. The molecule has 2 aromatic rings. The second-order valence-electron chi connectivity index (χ2n) is 6.32. The average Bonchev–Trinajstić information content (AvgIpc) is 2.99. The first-order valence-corrected chi connectivity index (χ1v) is 9.62. The van der Waals surface area contributed by atoms with Crippen molar-refractivity contribution in [1.82, 2.24) is 0 Å². The zero-order valence-corrected chi connectivity index (χ0v) is 16.0. The van der Waals surface area contributed by atoms with Crippen LogP contribution in [0.2, 0.25) is 0 Å². The van der Waals surface area contributed by atoms with E-state index in [4.69, 9.17) is 4.74 Å². The van der Waals surface area contributed by atoms with Gasteiger partial charge in [-0.25, -0.2) is 4.79 Å². The number of carbonyl (C=O) groups is 2. The Kier molecular flexibility index (Phi) is 5.55. The number of amides is 1. The number of benzene rings is 1. The van der Waals surface area contributed by atoms with Crippen LogP contribution < -0.4 is 5.32 Å². The number of para-hydroxylation sites is 1. The highest BCUT2D eigenvalue weighted by Crippen LogP contribution is 2.39. The summed E-state index contributed by atoms with van der Waals surface area (Å²) in [6.45, 7) is 3.55. The summed E-state index contributed by atoms with van der Waals surface area (Å²) in [5, 5.41) is 14.5. The molecular weight excluding hydrogens is 368 g/mol. The molecule has 0 saturated carbocycles. The number of nitro groups is 1. The zero-order valence-electron chi connectivity index (χ0n) is 15.2. The van der Waals surface area contributed by atoms with Gasteiger partial charge < -0.3 is 10.1 Å². The van der Waals surface area contributed by atoms with Crippen molar-refractivity contribution in [3.63, 3.8) is 0 Å². The van der Waals surface area contributed by atoms with Gasteiger partial charge in [-0.2, -0.15) is 0 Å². The molecule has 0 spiro atoms. The van der Waals surface area contributed by atoms with Crippen LogP contribution in [0.1, 0.15) is 56.5 Å². The monoisotopic (exact) mass is 388 g/mol. The SMILES string of the molecule is CCOC(=O)c1c(NC(=O)c2cccc(C)c2[N+](=O)[O-])sc2c1CCCC2. The minimum Gasteiger partial charge on any atom is -0.462 e. The molecule has 8 heteroatoms. The number of aryl methyl sites for hydroxylation is 2. The molecule has 142 valence electrons. The summed E-state index contributed by atoms with van der Waals surface area (Å²) in [6.07, 6.45) is 3.63. The predicted octanol–water partition coefficient (Wildman–Crippen LogP) is 4.27. The number of ether oxygens (including phenoxy) is 1. The maximum absolute atomic E-state index is 12.8. The van der Waals surface area contributed by atoms with Crippen molar-refractivity contribution in [1.29, 1.82) is 0 Å². The summed E-state index contributed by atoms with van der Waals surface area (Å²) in [5.74, 6) is -1.07. The molecule has 0 radical (unpaired) electrons. The Labute approximate surface area is 160 Å². The molecule has 1 heterocycles. The van der Waals surface area contributed by atoms with Crippen LogP contribution in [0.5, 0.6) is 0 Å². The normalized spacial score (nSPS) is 13.0. The number of nitrogens with one attached hydrogen (secondary N) is 1. The van der Waals surface area contributed by atoms with Gasteiger partial charge in [0, 0.05) is 10.4 Å². The van der Waals surface area contributed by atoms with E-state index in [2.05, 4.69) is 5.32 Å². The van der Waals surface area contributed by atoms with E-state index in [1.165, 1.54) is 17.4 Å². The molecule has 1 aliphatic carbocycles. The van der Waals surface area contributed by atoms with Crippen LogP contribution in [-0.2, 0) is 17.6 Å². The van der Waals surface area contributed by atoms with Crippen LogP contribution in [0.3, 0.4) is 0 Å². The summed E-state index contributed by atoms with van der Waals surface area (Å²) in [6, 6.07) is 4.60. The van der Waals surface area contributed by atoms with Crippen LogP contribution in [0, 0.1) is 17.0 Å². The van der Waals surface area contributed by atoms with Gasteiger partial charge in [-0.15, -0.1) is 11.3 Å². The third-order valence-corrected chi connectivity index (χ3v) is 5.75. The number of carbonyl (C=O) groups excluding carboxylic acids is 2. The molecule has 0 aliphatic heterocycles. The molecule has 1 aromatic carbocycles. The minimum atomic E-state index is -0.602. The highest BCUT2D eigenvalue weighted by atomic mass is 32.1. The van der Waals surface area contributed by atoms with Gasteiger partial charge in [0.05, 0.1) is 17.1 Å². The van der Waals surface area contributed by atoms with E-state index < -0.39 is 16.8 Å². The lowest BCUT2D eigenvalue weighted by molar-refractivity contribution is -0.385. The minimum absolute atomic E-state index is 0.0267. The van der Waals surface area contributed by atoms with Gasteiger partial charge in [0.2, 0.25) is 0 Å². The van der Waals surface area contributed by atoms with Crippen LogP contribution in [-0.4, -0.2) is 23.4 Å². The van der Waals surface area contributed by atoms with E-state index >= 15 is 0 Å². The Balaban J connectivity index is 2.00. The number of rotatable bonds is 5. The quantitative estimate of drug-likeness (QED) is 0.468. The molecule has 1 amide bonds. The molecule has 27 heavy (non-hydrogen) atoms. The maximum Gasteiger partial charge on any atom is 0.341 e. The van der Waals surface area contributed by atoms with Crippen LogP contribution in [0.25, 0.3) is 0 Å². The van der Waals surface area contributed by atoms with Crippen molar-refractivity contribution in [2.45, 2.75) is 39.5 Å². The van der Waals surface area contributed by atoms with E-state index in [-0.39, 0.29) is 17.9 Å². The van der Waals surface area contributed by atoms with E-state index in [0.717, 1.165) is 36.1 Å². The van der Waals surface area contributed by atoms with Crippen LogP contribution in [0.4, 0.5) is 10.7 Å². The van der Waals surface area contributed by atoms with Crippen molar-refractivity contribution in [2.24, 2.45) is 0 Å². The molecule has 0 fully saturated rings. The third kappa shape index (κ3) is 3.71. The second kappa shape index (κ2) is 7.87. The summed E-state index contributed by atoms with van der Waals surface area (Å²) in [5.41, 5.74) is 1.47. The summed E-state index contributed by atoms with van der Waals surface area (Å²) in [7, 11) is 0. The Morgan fingerprint density at radius 1 is 1.30 bits per heavy atom. The second-order valence-corrected chi connectivity index (χ2v) is 7.42. The van der Waals surface area contributed by atoms with Crippen molar-refractivity contribution in [2.75, 3.05) is 11.9 Å². The Hall–Kier alpha value is -2.74. The van der Waals surface area contributed by atoms with Gasteiger partial charge in [-0.3, -0.25) is 14.9 Å². The van der Waals surface area contributed by atoms with Gasteiger partial charge in [-0.05, 0) is 51.2 Å². The Morgan fingerprint density at radius 2 is 2.04 bits per heavy atom. The molecule has 0 saturated heterocycles. The van der Waals surface area contributed by atoms with E-state index in [1.54, 1.807) is 26.0 Å². The number of anilines is 1. The molecular formula is C19H20N2O5S. The largest absolute Gasteiger partial charge is 0.462 e. The number of nitro benzene ring substituents is 1. The van der Waals surface area contributed by atoms with Gasteiger partial charge >= 0.3 is 5.97 Å². The van der Waals surface area contributed by atoms with Gasteiger partial charge in [0.1, 0.15) is 10.6 Å². The lowest BCUT2D eigenvalue weighted by Crippen LogP contribution is -2.17. The topological polar surface area (TPSA) is 98.5 Å². The van der Waals surface area contributed by atoms with Gasteiger partial charge in [-0.1, -0.05) is 12.1 Å². The number of fused-ring (bicyclic) bond motifs is 1. The third-order valence-electron chi connectivity index (χ3n) is 4.54. The molecule has 0 unspecified atom stereocenters. The van der Waals surface area contributed by atoms with Crippen LogP contribution in [0.15, 0.2) is 18.2 Å². The predicted molar refractivity (Wildman–Crippen MR) is 103 cm³/mol. The first-order valence-electron chi connectivity index (χ1n) is 8.81. The number of esters is 1. The van der Waals surface area contributed by atoms with Crippen molar-refractivity contribution >= 4 is 33.9 Å². The standard InChI is InChI=1S/C19H20N2O5S/c1-3-26-19(23)15-12-8-4-5-10-14(12)27-18(15)20-17(22)13-9-6-7-11(2)16(13)21(24)25/h6-7,9H,3-5,8,10H2,1-2H3,(H,20,22). The first kappa shape index (κ1) is 19.0. The van der Waals surface area contributed by atoms with Crippen molar-refractivity contribution in [3.8, 4) is 0 Å². The highest BCUT2D eigenvalue weighted by Gasteiger charge is 2.29. The zero-order chi connectivity index (χ0) is 19.6. The van der Waals surface area contributed by atoms with Crippen molar-refractivity contribution in [3.05, 3.63) is 55.4 Å². The molecule has 7 nitrogen and oxygen atoms in total. The molecule has 1 aromatic heterocycles. The summed E-state index contributed by atoms with van der Waals surface area (Å²) in [4.78, 5) is 37.1. The fraction of sp³-hybridized carbons (Fsp3) is 0.368. The van der Waals surface area contributed by atoms with E-state index in [0.29, 0.717) is 16.1 Å². The lowest BCUT2D eigenvalue weighted by atomic mass is 9.95. The van der Waals surface area contributed by atoms with Crippen LogP contribution >= 0.6 is 11.3 Å². The molecule has 0 bridgehead atoms. The molecule has 1 aliphatic rings. The number of hydrogen-bond donors (Lipinski definition) is 1. The lowest BCUT2D eigenvalue weighted by Gasteiger charge is -2.12. The Morgan fingerprint density at radius 3 is 2.74 bits per heavy atom. The number of nitrogens with zero attached hydrogens (tertiary/aromatic N) is 1. The highest BCUT2D eigenvalue weighted by molar-refractivity contribution is 7.17. The molecule has 0 atom stereocenters. The van der Waals surface area contributed by atoms with Crippen molar-refractivity contribution < 1.29 is 19.2 Å². The summed E-state index contributed by atoms with van der Waals surface area (Å²) >= 11 is 1.35. The average molecular weight is 388 g/mol. The fourth-order valence-electron chi connectivity index (χ4n) is 3.33.